The van der Waals surface area contributed by atoms with E-state index in [0.717, 1.165) is 13.0 Å². The van der Waals surface area contributed by atoms with Crippen LogP contribution in [0, 0.1) is 5.92 Å². The van der Waals surface area contributed by atoms with E-state index in [-0.39, 0.29) is 11.6 Å². The summed E-state index contributed by atoms with van der Waals surface area (Å²) in [5.41, 5.74) is 5.57. The van der Waals surface area contributed by atoms with Gasteiger partial charge < -0.3 is 15.5 Å². The first kappa shape index (κ1) is 14.6. The summed E-state index contributed by atoms with van der Waals surface area (Å²) < 4.78 is 0. The SMILES string of the molecule is CN1C(=O)N(C(C)(C)CCN)CC1C1CCCCC1. The van der Waals surface area contributed by atoms with Crippen LogP contribution in [0.5, 0.6) is 0 Å². The fraction of sp³-hybridized carbons (Fsp3) is 0.933. The normalized spacial score (nSPS) is 26.3. The maximum atomic E-state index is 12.5. The van der Waals surface area contributed by atoms with E-state index >= 15 is 0 Å². The molecule has 19 heavy (non-hydrogen) atoms. The lowest BCUT2D eigenvalue weighted by atomic mass is 9.83. The van der Waals surface area contributed by atoms with E-state index in [1.165, 1.54) is 32.1 Å². The molecule has 2 amide bonds. The van der Waals surface area contributed by atoms with Gasteiger partial charge in [-0.1, -0.05) is 19.3 Å². The number of nitrogens with two attached hydrogens (primary N) is 1. The predicted octanol–water partition coefficient (Wildman–Crippen LogP) is 2.43. The van der Waals surface area contributed by atoms with Gasteiger partial charge in [0.25, 0.3) is 0 Å². The third-order valence-corrected chi connectivity index (χ3v) is 5.08. The minimum atomic E-state index is -0.122. The van der Waals surface area contributed by atoms with E-state index in [0.29, 0.717) is 18.5 Å². The van der Waals surface area contributed by atoms with Gasteiger partial charge in [0, 0.05) is 19.1 Å². The molecule has 4 nitrogen and oxygen atoms in total. The molecule has 4 heteroatoms. The number of hydrogen-bond donors (Lipinski definition) is 1. The van der Waals surface area contributed by atoms with Gasteiger partial charge in [-0.2, -0.15) is 0 Å². The minimum Gasteiger partial charge on any atom is -0.330 e. The van der Waals surface area contributed by atoms with Crippen molar-refractivity contribution in [1.29, 1.82) is 0 Å². The number of rotatable bonds is 4. The third-order valence-electron chi connectivity index (χ3n) is 5.08. The fourth-order valence-electron chi connectivity index (χ4n) is 3.70. The summed E-state index contributed by atoms with van der Waals surface area (Å²) in [6.07, 6.45) is 7.46. The predicted molar refractivity (Wildman–Crippen MR) is 78.0 cm³/mol. The standard InChI is InChI=1S/C15H29N3O/c1-15(2,9-10-16)18-11-13(17(3)14(18)19)12-7-5-4-6-8-12/h12-13H,4-11,16H2,1-3H3. The van der Waals surface area contributed by atoms with Gasteiger partial charge in [0.1, 0.15) is 0 Å². The van der Waals surface area contributed by atoms with Gasteiger partial charge >= 0.3 is 6.03 Å². The van der Waals surface area contributed by atoms with Crippen LogP contribution >= 0.6 is 0 Å². The Kier molecular flexibility index (Phi) is 4.39. The summed E-state index contributed by atoms with van der Waals surface area (Å²) >= 11 is 0. The van der Waals surface area contributed by atoms with Gasteiger partial charge in [0.15, 0.2) is 0 Å². The van der Waals surface area contributed by atoms with Crippen molar-refractivity contribution >= 4 is 6.03 Å². The van der Waals surface area contributed by atoms with Crippen LogP contribution < -0.4 is 5.73 Å². The zero-order valence-corrected chi connectivity index (χ0v) is 12.7. The molecule has 2 aliphatic rings. The maximum Gasteiger partial charge on any atom is 0.320 e. The average molecular weight is 267 g/mol. The van der Waals surface area contributed by atoms with Crippen LogP contribution in [0.1, 0.15) is 52.4 Å². The van der Waals surface area contributed by atoms with Crippen molar-refractivity contribution in [2.75, 3.05) is 20.1 Å². The molecule has 1 saturated carbocycles. The molecule has 1 saturated heterocycles. The minimum absolute atomic E-state index is 0.122. The highest BCUT2D eigenvalue weighted by Crippen LogP contribution is 2.35. The second kappa shape index (κ2) is 5.70. The van der Waals surface area contributed by atoms with E-state index in [2.05, 4.69) is 13.8 Å². The highest BCUT2D eigenvalue weighted by Gasteiger charge is 2.44. The van der Waals surface area contributed by atoms with Gasteiger partial charge in [-0.05, 0) is 45.6 Å². The molecular formula is C15H29N3O. The highest BCUT2D eigenvalue weighted by molar-refractivity contribution is 5.77. The molecule has 110 valence electrons. The van der Waals surface area contributed by atoms with Crippen LogP contribution in [0.4, 0.5) is 4.79 Å². The Morgan fingerprint density at radius 3 is 2.47 bits per heavy atom. The number of carbonyl (C=O) groups is 1. The van der Waals surface area contributed by atoms with Crippen LogP contribution in [0.3, 0.4) is 0 Å². The second-order valence-corrected chi connectivity index (χ2v) is 6.82. The summed E-state index contributed by atoms with van der Waals surface area (Å²) in [5.74, 6) is 0.696. The number of nitrogens with zero attached hydrogens (tertiary/aromatic N) is 2. The van der Waals surface area contributed by atoms with Crippen molar-refractivity contribution in [1.82, 2.24) is 9.80 Å². The topological polar surface area (TPSA) is 49.6 Å². The van der Waals surface area contributed by atoms with Crippen molar-refractivity contribution in [2.24, 2.45) is 11.7 Å². The van der Waals surface area contributed by atoms with Crippen LogP contribution in [0.25, 0.3) is 0 Å². The molecule has 1 aliphatic heterocycles. The number of urea groups is 1. The number of hydrogen-bond acceptors (Lipinski definition) is 2. The molecule has 1 aliphatic carbocycles. The molecule has 0 bridgehead atoms. The Morgan fingerprint density at radius 1 is 1.26 bits per heavy atom. The average Bonchev–Trinajstić information content (AvgIpc) is 2.68. The van der Waals surface area contributed by atoms with Crippen LogP contribution in [0.2, 0.25) is 0 Å². The molecule has 0 aromatic heterocycles. The lowest BCUT2D eigenvalue weighted by Crippen LogP contribution is -2.47. The van der Waals surface area contributed by atoms with Gasteiger partial charge in [-0.25, -0.2) is 4.79 Å². The monoisotopic (exact) mass is 267 g/mol. The van der Waals surface area contributed by atoms with Crippen LogP contribution in [-0.4, -0.2) is 47.5 Å². The number of amides is 2. The zero-order valence-electron chi connectivity index (χ0n) is 12.7. The second-order valence-electron chi connectivity index (χ2n) is 6.82. The van der Waals surface area contributed by atoms with Gasteiger partial charge in [-0.3, -0.25) is 0 Å². The fourth-order valence-corrected chi connectivity index (χ4v) is 3.70. The largest absolute Gasteiger partial charge is 0.330 e. The summed E-state index contributed by atoms with van der Waals surface area (Å²) in [7, 11) is 1.97. The summed E-state index contributed by atoms with van der Waals surface area (Å²) in [6, 6.07) is 0.596. The molecule has 1 heterocycles. The Bertz CT molecular complexity index is 323. The molecule has 1 unspecified atom stereocenters. The quantitative estimate of drug-likeness (QED) is 0.850. The van der Waals surface area contributed by atoms with Crippen molar-refractivity contribution in [3.05, 3.63) is 0 Å². The summed E-state index contributed by atoms with van der Waals surface area (Å²) in [5, 5.41) is 0. The molecule has 0 radical (unpaired) electrons. The molecule has 0 aromatic carbocycles. The lowest BCUT2D eigenvalue weighted by Gasteiger charge is -2.35. The molecule has 0 aromatic rings. The third kappa shape index (κ3) is 2.88. The Balaban J connectivity index is 2.07. The first-order valence-corrected chi connectivity index (χ1v) is 7.72. The van der Waals surface area contributed by atoms with E-state index < -0.39 is 0 Å². The first-order valence-electron chi connectivity index (χ1n) is 7.72. The first-order chi connectivity index (χ1) is 8.97. The number of carbonyl (C=O) groups excluding carboxylic acids is 1. The van der Waals surface area contributed by atoms with E-state index in [1.54, 1.807) is 0 Å². The van der Waals surface area contributed by atoms with E-state index in [9.17, 15) is 4.79 Å². The zero-order chi connectivity index (χ0) is 14.0. The Labute approximate surface area is 117 Å². The number of likely N-dealkylation sites (N-methyl/N-ethyl adjacent to an activating group) is 1. The van der Waals surface area contributed by atoms with Gasteiger partial charge in [0.05, 0.1) is 6.04 Å². The molecule has 1 atom stereocenters. The smallest absolute Gasteiger partial charge is 0.320 e. The van der Waals surface area contributed by atoms with Crippen molar-refractivity contribution in [3.8, 4) is 0 Å². The van der Waals surface area contributed by atoms with Gasteiger partial charge in [-0.15, -0.1) is 0 Å². The molecule has 2 N–H and O–H groups in total. The van der Waals surface area contributed by atoms with E-state index in [1.807, 2.05) is 16.8 Å². The lowest BCUT2D eigenvalue weighted by molar-refractivity contribution is 0.145. The van der Waals surface area contributed by atoms with E-state index in [4.69, 9.17) is 5.73 Å². The van der Waals surface area contributed by atoms with Crippen LogP contribution in [-0.2, 0) is 0 Å². The molecule has 0 spiro atoms. The van der Waals surface area contributed by atoms with Gasteiger partial charge in [0.2, 0.25) is 0 Å². The molecule has 2 rings (SSSR count). The molecular weight excluding hydrogens is 238 g/mol. The van der Waals surface area contributed by atoms with Crippen molar-refractivity contribution in [3.63, 3.8) is 0 Å². The maximum absolute atomic E-state index is 12.5. The van der Waals surface area contributed by atoms with Crippen LogP contribution in [0.15, 0.2) is 0 Å². The summed E-state index contributed by atoms with van der Waals surface area (Å²) in [4.78, 5) is 16.5. The summed E-state index contributed by atoms with van der Waals surface area (Å²) in [6.45, 7) is 5.78. The van der Waals surface area contributed by atoms with Crippen molar-refractivity contribution in [2.45, 2.75) is 64.0 Å². The Hall–Kier alpha value is -0.770. The molecule has 2 fully saturated rings. The Morgan fingerprint density at radius 2 is 1.89 bits per heavy atom. The van der Waals surface area contributed by atoms with Crippen molar-refractivity contribution < 1.29 is 4.79 Å². The highest BCUT2D eigenvalue weighted by atomic mass is 16.2.